The summed E-state index contributed by atoms with van der Waals surface area (Å²) in [4.78, 5) is 8.35. The minimum atomic E-state index is 0.133. The van der Waals surface area contributed by atoms with Gasteiger partial charge in [-0.25, -0.2) is 0 Å². The molecule has 0 fully saturated rings. The summed E-state index contributed by atoms with van der Waals surface area (Å²) >= 11 is 0. The highest BCUT2D eigenvalue weighted by Crippen LogP contribution is 2.39. The number of rotatable bonds is 3. The lowest BCUT2D eigenvalue weighted by atomic mass is 9.71. The predicted molar refractivity (Wildman–Crippen MR) is 90.5 cm³/mol. The van der Waals surface area contributed by atoms with Gasteiger partial charge in [0.25, 0.3) is 0 Å². The molecule has 3 rings (SSSR count). The fourth-order valence-electron chi connectivity index (χ4n) is 3.29. The fourth-order valence-corrected chi connectivity index (χ4v) is 3.29. The molecule has 4 heteroatoms. The monoisotopic (exact) mass is 294 g/mol. The first-order valence-electron chi connectivity index (χ1n) is 7.64. The molecule has 1 aliphatic carbocycles. The van der Waals surface area contributed by atoms with Gasteiger partial charge in [0.15, 0.2) is 5.96 Å². The second-order valence-electron chi connectivity index (χ2n) is 6.41. The standard InChI is InChI=1S/C18H22N4/c1-18(12-22-17(19)20)8-5-16-14(11-18)3-2-4-15(16)13-6-9-21-10-7-13/h2-4,6-7,9-10H,5,8,11-12H2,1H3,(H4,19,20,22)/t18-/m1/s1. The van der Waals surface area contributed by atoms with Crippen LogP contribution in [0.25, 0.3) is 11.1 Å². The first kappa shape index (κ1) is 14.6. The molecule has 0 aliphatic heterocycles. The number of hydrogen-bond donors (Lipinski definition) is 2. The normalized spacial score (nSPS) is 20.2. The van der Waals surface area contributed by atoms with E-state index in [9.17, 15) is 0 Å². The molecule has 1 heterocycles. The first-order valence-corrected chi connectivity index (χ1v) is 7.64. The van der Waals surface area contributed by atoms with Crippen molar-refractivity contribution in [3.63, 3.8) is 0 Å². The molecule has 0 radical (unpaired) electrons. The summed E-state index contributed by atoms with van der Waals surface area (Å²) in [6.45, 7) is 2.95. The van der Waals surface area contributed by atoms with Crippen LogP contribution in [0.1, 0.15) is 24.5 Å². The molecule has 1 aromatic heterocycles. The summed E-state index contributed by atoms with van der Waals surface area (Å²) in [6.07, 6.45) is 6.86. The smallest absolute Gasteiger partial charge is 0.185 e. The Labute approximate surface area is 131 Å². The van der Waals surface area contributed by atoms with Gasteiger partial charge in [0.05, 0.1) is 0 Å². The summed E-state index contributed by atoms with van der Waals surface area (Å²) in [5.41, 5.74) is 16.5. The Kier molecular flexibility index (Phi) is 3.84. The topological polar surface area (TPSA) is 77.3 Å². The maximum atomic E-state index is 5.49. The van der Waals surface area contributed by atoms with Crippen LogP contribution < -0.4 is 11.5 Å². The van der Waals surface area contributed by atoms with Gasteiger partial charge < -0.3 is 11.5 Å². The third kappa shape index (κ3) is 2.96. The van der Waals surface area contributed by atoms with Crippen molar-refractivity contribution in [1.82, 2.24) is 4.98 Å². The summed E-state index contributed by atoms with van der Waals surface area (Å²) in [5, 5.41) is 0. The van der Waals surface area contributed by atoms with Crippen LogP contribution >= 0.6 is 0 Å². The molecule has 0 unspecified atom stereocenters. The Bertz CT molecular complexity index is 689. The first-order chi connectivity index (χ1) is 10.6. The number of aromatic nitrogens is 1. The lowest BCUT2D eigenvalue weighted by Crippen LogP contribution is -2.32. The van der Waals surface area contributed by atoms with Gasteiger partial charge in [-0.2, -0.15) is 0 Å². The lowest BCUT2D eigenvalue weighted by Gasteiger charge is -2.34. The van der Waals surface area contributed by atoms with Crippen LogP contribution in [0.15, 0.2) is 47.7 Å². The molecule has 0 amide bonds. The van der Waals surface area contributed by atoms with Gasteiger partial charge in [-0.15, -0.1) is 0 Å². The van der Waals surface area contributed by atoms with E-state index in [1.807, 2.05) is 12.4 Å². The Hall–Kier alpha value is -2.36. The van der Waals surface area contributed by atoms with Crippen molar-refractivity contribution in [1.29, 1.82) is 0 Å². The van der Waals surface area contributed by atoms with E-state index < -0.39 is 0 Å². The molecular weight excluding hydrogens is 272 g/mol. The lowest BCUT2D eigenvalue weighted by molar-refractivity contribution is 0.291. The highest BCUT2D eigenvalue weighted by atomic mass is 15.0. The summed E-state index contributed by atoms with van der Waals surface area (Å²) in [6, 6.07) is 10.7. The van der Waals surface area contributed by atoms with Crippen molar-refractivity contribution in [2.24, 2.45) is 21.9 Å². The number of guanidine groups is 1. The van der Waals surface area contributed by atoms with Crippen LogP contribution in [-0.4, -0.2) is 17.5 Å². The van der Waals surface area contributed by atoms with E-state index in [2.05, 4.69) is 47.2 Å². The van der Waals surface area contributed by atoms with Crippen molar-refractivity contribution in [2.45, 2.75) is 26.2 Å². The largest absolute Gasteiger partial charge is 0.370 e. The van der Waals surface area contributed by atoms with Gasteiger partial charge in [-0.1, -0.05) is 25.1 Å². The number of pyridine rings is 1. The number of aliphatic imine (C=N–C) groups is 1. The summed E-state index contributed by atoms with van der Waals surface area (Å²) < 4.78 is 0. The number of fused-ring (bicyclic) bond motifs is 1. The zero-order chi connectivity index (χ0) is 15.6. The Morgan fingerprint density at radius 1 is 1.23 bits per heavy atom. The van der Waals surface area contributed by atoms with Crippen LogP contribution in [0.2, 0.25) is 0 Å². The number of hydrogen-bond acceptors (Lipinski definition) is 2. The molecule has 2 aromatic rings. The zero-order valence-corrected chi connectivity index (χ0v) is 12.9. The summed E-state index contributed by atoms with van der Waals surface area (Å²) in [5.74, 6) is 0.178. The molecule has 1 aromatic carbocycles. The van der Waals surface area contributed by atoms with Crippen molar-refractivity contribution in [3.8, 4) is 11.1 Å². The van der Waals surface area contributed by atoms with Crippen LogP contribution in [-0.2, 0) is 12.8 Å². The second-order valence-corrected chi connectivity index (χ2v) is 6.41. The molecule has 0 saturated carbocycles. The predicted octanol–water partition coefficient (Wildman–Crippen LogP) is 2.52. The van der Waals surface area contributed by atoms with Gasteiger partial charge in [0.2, 0.25) is 0 Å². The average Bonchev–Trinajstić information content (AvgIpc) is 2.53. The molecular formula is C18H22N4. The molecule has 1 atom stereocenters. The highest BCUT2D eigenvalue weighted by molar-refractivity contribution is 5.75. The van der Waals surface area contributed by atoms with Gasteiger partial charge in [0, 0.05) is 18.9 Å². The Morgan fingerprint density at radius 3 is 2.73 bits per heavy atom. The van der Waals surface area contributed by atoms with E-state index in [-0.39, 0.29) is 11.4 Å². The Morgan fingerprint density at radius 2 is 2.00 bits per heavy atom. The van der Waals surface area contributed by atoms with Crippen molar-refractivity contribution in [3.05, 3.63) is 53.9 Å². The zero-order valence-electron chi connectivity index (χ0n) is 12.9. The molecule has 4 nitrogen and oxygen atoms in total. The quantitative estimate of drug-likeness (QED) is 0.674. The molecule has 4 N–H and O–H groups in total. The highest BCUT2D eigenvalue weighted by Gasteiger charge is 2.30. The second kappa shape index (κ2) is 5.79. The Balaban J connectivity index is 1.92. The van der Waals surface area contributed by atoms with Gasteiger partial charge in [-0.05, 0) is 59.1 Å². The van der Waals surface area contributed by atoms with E-state index in [0.717, 1.165) is 19.3 Å². The van der Waals surface area contributed by atoms with Gasteiger partial charge >= 0.3 is 0 Å². The average molecular weight is 294 g/mol. The minimum absolute atomic E-state index is 0.133. The van der Waals surface area contributed by atoms with Crippen molar-refractivity contribution in [2.75, 3.05) is 6.54 Å². The molecule has 0 bridgehead atoms. The maximum Gasteiger partial charge on any atom is 0.185 e. The maximum absolute atomic E-state index is 5.49. The van der Waals surface area contributed by atoms with Crippen molar-refractivity contribution >= 4 is 5.96 Å². The molecule has 1 aliphatic rings. The third-order valence-corrected chi connectivity index (χ3v) is 4.50. The number of nitrogens with zero attached hydrogens (tertiary/aromatic N) is 2. The third-order valence-electron chi connectivity index (χ3n) is 4.50. The van der Waals surface area contributed by atoms with Crippen LogP contribution in [0.5, 0.6) is 0 Å². The van der Waals surface area contributed by atoms with Gasteiger partial charge in [-0.3, -0.25) is 9.98 Å². The molecule has 114 valence electrons. The van der Waals surface area contributed by atoms with E-state index in [1.165, 1.54) is 22.3 Å². The van der Waals surface area contributed by atoms with Crippen LogP contribution in [0, 0.1) is 5.41 Å². The molecule has 22 heavy (non-hydrogen) atoms. The van der Waals surface area contributed by atoms with Crippen LogP contribution in [0.4, 0.5) is 0 Å². The van der Waals surface area contributed by atoms with E-state index in [4.69, 9.17) is 11.5 Å². The van der Waals surface area contributed by atoms with Crippen molar-refractivity contribution < 1.29 is 0 Å². The number of benzene rings is 1. The van der Waals surface area contributed by atoms with E-state index >= 15 is 0 Å². The molecule has 0 saturated heterocycles. The fraction of sp³-hybridized carbons (Fsp3) is 0.333. The number of nitrogens with two attached hydrogens (primary N) is 2. The minimum Gasteiger partial charge on any atom is -0.370 e. The van der Waals surface area contributed by atoms with E-state index in [0.29, 0.717) is 6.54 Å². The van der Waals surface area contributed by atoms with E-state index in [1.54, 1.807) is 0 Å². The van der Waals surface area contributed by atoms with Gasteiger partial charge in [0.1, 0.15) is 0 Å². The van der Waals surface area contributed by atoms with Crippen LogP contribution in [0.3, 0.4) is 0 Å². The summed E-state index contributed by atoms with van der Waals surface area (Å²) in [7, 11) is 0. The SMILES string of the molecule is C[C@@]1(CN=C(N)N)CCc2c(cccc2-c2ccncc2)C1. The molecule has 0 spiro atoms.